The number of hydrogen-bond donors (Lipinski definition) is 1. The van der Waals surface area contributed by atoms with E-state index in [0.29, 0.717) is 31.4 Å². The molecular formula is C21H21NO3. The van der Waals surface area contributed by atoms with Gasteiger partial charge in [-0.25, -0.2) is 0 Å². The van der Waals surface area contributed by atoms with Crippen molar-refractivity contribution in [3.05, 3.63) is 64.7 Å². The smallest absolute Gasteiger partial charge is 0.220 e. The molecule has 0 saturated carbocycles. The molecule has 0 aromatic heterocycles. The number of amides is 1. The summed E-state index contributed by atoms with van der Waals surface area (Å²) in [5.41, 5.74) is 3.58. The summed E-state index contributed by atoms with van der Waals surface area (Å²) in [5.74, 6) is 3.34. The standard InChI is InChI=1S/C21H21NO3/c1-3-4-19-11-9-16(13-20(19)25-2)10-12-21(24)22-14-17-5-7-18(15-23)8-6-17/h1,5-9,11,13,15H,4,10,12,14H2,2H3,(H,22,24). The molecule has 0 saturated heterocycles. The third-order valence-electron chi connectivity index (χ3n) is 3.89. The van der Waals surface area contributed by atoms with E-state index in [1.807, 2.05) is 30.3 Å². The van der Waals surface area contributed by atoms with Crippen LogP contribution in [0.1, 0.15) is 33.5 Å². The Morgan fingerprint density at radius 1 is 1.20 bits per heavy atom. The number of carbonyl (C=O) groups excluding carboxylic acids is 2. The number of hydrogen-bond acceptors (Lipinski definition) is 3. The van der Waals surface area contributed by atoms with E-state index < -0.39 is 0 Å². The van der Waals surface area contributed by atoms with Gasteiger partial charge in [0.25, 0.3) is 0 Å². The van der Waals surface area contributed by atoms with Gasteiger partial charge in [-0.15, -0.1) is 12.3 Å². The lowest BCUT2D eigenvalue weighted by Crippen LogP contribution is -2.23. The molecule has 0 aliphatic heterocycles. The predicted molar refractivity (Wildman–Crippen MR) is 97.5 cm³/mol. The van der Waals surface area contributed by atoms with Crippen molar-refractivity contribution in [2.75, 3.05) is 7.11 Å². The minimum Gasteiger partial charge on any atom is -0.496 e. The summed E-state index contributed by atoms with van der Waals surface area (Å²) >= 11 is 0. The summed E-state index contributed by atoms with van der Waals surface area (Å²) in [6.07, 6.45) is 7.68. The molecule has 2 aromatic rings. The molecule has 25 heavy (non-hydrogen) atoms. The first-order valence-corrected chi connectivity index (χ1v) is 8.06. The monoisotopic (exact) mass is 335 g/mol. The fourth-order valence-electron chi connectivity index (χ4n) is 2.46. The molecule has 0 aliphatic carbocycles. The van der Waals surface area contributed by atoms with Crippen LogP contribution in [0.25, 0.3) is 0 Å². The van der Waals surface area contributed by atoms with Gasteiger partial charge in [0.2, 0.25) is 5.91 Å². The average molecular weight is 335 g/mol. The van der Waals surface area contributed by atoms with Crippen LogP contribution in [-0.2, 0) is 24.2 Å². The first-order chi connectivity index (χ1) is 12.2. The Bertz CT molecular complexity index is 773. The normalized spacial score (nSPS) is 9.92. The third-order valence-corrected chi connectivity index (χ3v) is 3.89. The highest BCUT2D eigenvalue weighted by Crippen LogP contribution is 2.21. The molecule has 1 amide bonds. The van der Waals surface area contributed by atoms with Crippen molar-refractivity contribution in [2.24, 2.45) is 0 Å². The van der Waals surface area contributed by atoms with Crippen LogP contribution < -0.4 is 10.1 Å². The van der Waals surface area contributed by atoms with Crippen LogP contribution in [0.2, 0.25) is 0 Å². The lowest BCUT2D eigenvalue weighted by atomic mass is 10.0. The molecule has 0 bridgehead atoms. The second-order valence-corrected chi connectivity index (χ2v) is 5.66. The summed E-state index contributed by atoms with van der Waals surface area (Å²) in [5, 5.41) is 2.88. The van der Waals surface area contributed by atoms with E-state index in [4.69, 9.17) is 11.2 Å². The average Bonchev–Trinajstić information content (AvgIpc) is 2.66. The van der Waals surface area contributed by atoms with E-state index in [1.54, 1.807) is 19.2 Å². The number of ether oxygens (including phenoxy) is 1. The fraction of sp³-hybridized carbons (Fsp3) is 0.238. The number of rotatable bonds is 8. The van der Waals surface area contributed by atoms with Crippen molar-refractivity contribution >= 4 is 12.2 Å². The maximum atomic E-state index is 12.0. The Hall–Kier alpha value is -3.06. The molecule has 0 radical (unpaired) electrons. The minimum absolute atomic E-state index is 0.0221. The summed E-state index contributed by atoms with van der Waals surface area (Å²) in [6.45, 7) is 0.447. The van der Waals surface area contributed by atoms with Crippen LogP contribution in [0.5, 0.6) is 5.75 Å². The van der Waals surface area contributed by atoms with E-state index in [-0.39, 0.29) is 5.91 Å². The van der Waals surface area contributed by atoms with E-state index in [1.165, 1.54) is 0 Å². The topological polar surface area (TPSA) is 55.4 Å². The zero-order valence-electron chi connectivity index (χ0n) is 14.2. The molecule has 4 heteroatoms. The van der Waals surface area contributed by atoms with Crippen LogP contribution in [0.15, 0.2) is 42.5 Å². The molecule has 0 aliphatic rings. The van der Waals surface area contributed by atoms with Crippen molar-refractivity contribution in [1.82, 2.24) is 5.32 Å². The summed E-state index contributed by atoms with van der Waals surface area (Å²) < 4.78 is 5.35. The van der Waals surface area contributed by atoms with Gasteiger partial charge in [0, 0.05) is 30.5 Å². The third kappa shape index (κ3) is 5.50. The van der Waals surface area contributed by atoms with Gasteiger partial charge in [0.1, 0.15) is 12.0 Å². The van der Waals surface area contributed by atoms with Gasteiger partial charge in [0.05, 0.1) is 7.11 Å². The van der Waals surface area contributed by atoms with Gasteiger partial charge in [0.15, 0.2) is 0 Å². The van der Waals surface area contributed by atoms with Crippen LogP contribution in [0, 0.1) is 12.3 Å². The lowest BCUT2D eigenvalue weighted by molar-refractivity contribution is -0.121. The van der Waals surface area contributed by atoms with Crippen LogP contribution in [-0.4, -0.2) is 19.3 Å². The van der Waals surface area contributed by atoms with Gasteiger partial charge >= 0.3 is 0 Å². The molecule has 0 spiro atoms. The SMILES string of the molecule is C#CCc1ccc(CCC(=O)NCc2ccc(C=O)cc2)cc1OC. The van der Waals surface area contributed by atoms with Gasteiger partial charge < -0.3 is 10.1 Å². The van der Waals surface area contributed by atoms with E-state index in [9.17, 15) is 9.59 Å². The Morgan fingerprint density at radius 2 is 1.92 bits per heavy atom. The van der Waals surface area contributed by atoms with E-state index >= 15 is 0 Å². The number of benzene rings is 2. The minimum atomic E-state index is -0.0221. The first-order valence-electron chi connectivity index (χ1n) is 8.06. The van der Waals surface area contributed by atoms with Crippen molar-refractivity contribution in [3.8, 4) is 18.1 Å². The van der Waals surface area contributed by atoms with Crippen LogP contribution in [0.3, 0.4) is 0 Å². The van der Waals surface area contributed by atoms with Crippen molar-refractivity contribution in [2.45, 2.75) is 25.8 Å². The second kappa shape index (κ2) is 9.29. The molecule has 2 aromatic carbocycles. The van der Waals surface area contributed by atoms with Crippen molar-refractivity contribution < 1.29 is 14.3 Å². The Balaban J connectivity index is 1.84. The Morgan fingerprint density at radius 3 is 2.56 bits per heavy atom. The summed E-state index contributed by atoms with van der Waals surface area (Å²) in [6, 6.07) is 13.0. The highest BCUT2D eigenvalue weighted by molar-refractivity contribution is 5.76. The number of aryl methyl sites for hydroxylation is 1. The number of aldehydes is 1. The molecule has 2 rings (SSSR count). The Kier molecular flexibility index (Phi) is 6.79. The summed E-state index contributed by atoms with van der Waals surface area (Å²) in [4.78, 5) is 22.6. The van der Waals surface area contributed by atoms with E-state index in [0.717, 1.165) is 28.7 Å². The molecule has 1 N–H and O–H groups in total. The molecule has 0 heterocycles. The van der Waals surface area contributed by atoms with Gasteiger partial charge in [-0.05, 0) is 23.6 Å². The fourth-order valence-corrected chi connectivity index (χ4v) is 2.46. The largest absolute Gasteiger partial charge is 0.496 e. The Labute approximate surface area is 148 Å². The quantitative estimate of drug-likeness (QED) is 0.596. The molecule has 0 fully saturated rings. The number of terminal acetylenes is 1. The molecule has 0 unspecified atom stereocenters. The summed E-state index contributed by atoms with van der Waals surface area (Å²) in [7, 11) is 1.61. The molecule has 0 atom stereocenters. The highest BCUT2D eigenvalue weighted by atomic mass is 16.5. The zero-order valence-corrected chi connectivity index (χ0v) is 14.2. The van der Waals surface area contributed by atoms with Crippen LogP contribution in [0.4, 0.5) is 0 Å². The molecular weight excluding hydrogens is 314 g/mol. The van der Waals surface area contributed by atoms with Crippen molar-refractivity contribution in [3.63, 3.8) is 0 Å². The molecule has 128 valence electrons. The predicted octanol–water partition coefficient (Wildman–Crippen LogP) is 2.93. The number of nitrogens with one attached hydrogen (secondary N) is 1. The maximum absolute atomic E-state index is 12.0. The zero-order chi connectivity index (χ0) is 18.1. The number of methoxy groups -OCH3 is 1. The molecule has 4 nitrogen and oxygen atoms in total. The first kappa shape index (κ1) is 18.3. The van der Waals surface area contributed by atoms with Gasteiger partial charge in [-0.1, -0.05) is 36.4 Å². The maximum Gasteiger partial charge on any atom is 0.220 e. The number of carbonyl (C=O) groups is 2. The second-order valence-electron chi connectivity index (χ2n) is 5.66. The van der Waals surface area contributed by atoms with Gasteiger partial charge in [-0.3, -0.25) is 9.59 Å². The van der Waals surface area contributed by atoms with E-state index in [2.05, 4.69) is 11.2 Å². The highest BCUT2D eigenvalue weighted by Gasteiger charge is 2.06. The van der Waals surface area contributed by atoms with Gasteiger partial charge in [-0.2, -0.15) is 0 Å². The van der Waals surface area contributed by atoms with Crippen LogP contribution >= 0.6 is 0 Å². The van der Waals surface area contributed by atoms with Crippen molar-refractivity contribution in [1.29, 1.82) is 0 Å². The lowest BCUT2D eigenvalue weighted by Gasteiger charge is -2.09.